The van der Waals surface area contributed by atoms with Crippen molar-refractivity contribution in [1.82, 2.24) is 10.1 Å². The molecule has 0 fully saturated rings. The Hall–Kier alpha value is -4.25. The van der Waals surface area contributed by atoms with Crippen LogP contribution < -0.4 is 9.64 Å². The Morgan fingerprint density at radius 3 is 2.46 bits per heavy atom. The van der Waals surface area contributed by atoms with Crippen LogP contribution in [-0.2, 0) is 6.54 Å². The third-order valence-electron chi connectivity index (χ3n) is 6.17. The lowest BCUT2D eigenvalue weighted by atomic mass is 10.0. The Bertz CT molecular complexity index is 1330. The van der Waals surface area contributed by atoms with Crippen LogP contribution in [0.2, 0.25) is 0 Å². The quantitative estimate of drug-likeness (QED) is 0.273. The highest BCUT2D eigenvalue weighted by Gasteiger charge is 2.16. The predicted molar refractivity (Wildman–Crippen MR) is 142 cm³/mol. The molecule has 0 radical (unpaired) electrons. The van der Waals surface area contributed by atoms with Crippen LogP contribution in [0.15, 0.2) is 114 Å². The summed E-state index contributed by atoms with van der Waals surface area (Å²) in [6.07, 6.45) is 13.4. The van der Waals surface area contributed by atoms with Gasteiger partial charge in [-0.2, -0.15) is 0 Å². The molecule has 5 nitrogen and oxygen atoms in total. The molecule has 0 bridgehead atoms. The molecule has 0 amide bonds. The SMILES string of the molecule is COc1ccc(-c2cc(N(CCCN3C=CC=CC=C3)Cc3cccc4ccccc34)on2)cc1. The van der Waals surface area contributed by atoms with E-state index in [1.807, 2.05) is 42.5 Å². The number of aromatic nitrogens is 1. The van der Waals surface area contributed by atoms with E-state index in [-0.39, 0.29) is 0 Å². The predicted octanol–water partition coefficient (Wildman–Crippen LogP) is 6.80. The minimum Gasteiger partial charge on any atom is -0.497 e. The smallest absolute Gasteiger partial charge is 0.228 e. The molecule has 5 rings (SSSR count). The first kappa shape index (κ1) is 22.5. The largest absolute Gasteiger partial charge is 0.497 e. The minimum absolute atomic E-state index is 0.742. The standard InChI is InChI=1S/C30H29N3O2/c1-34-27-16-14-25(15-17-27)29-22-30(35-31-29)33(21-9-20-32-18-6-2-3-7-19-32)23-26-12-8-11-24-10-4-5-13-28(24)26/h2-8,10-19,22H,9,20-21,23H2,1H3. The molecule has 3 aromatic carbocycles. The van der Waals surface area contributed by atoms with E-state index >= 15 is 0 Å². The lowest BCUT2D eigenvalue weighted by molar-refractivity contribution is 0.410. The van der Waals surface area contributed by atoms with Gasteiger partial charge < -0.3 is 19.1 Å². The molecule has 176 valence electrons. The van der Waals surface area contributed by atoms with Crippen LogP contribution >= 0.6 is 0 Å². The van der Waals surface area contributed by atoms with Crippen molar-refractivity contribution in [3.63, 3.8) is 0 Å². The maximum Gasteiger partial charge on any atom is 0.228 e. The number of methoxy groups -OCH3 is 1. The van der Waals surface area contributed by atoms with Crippen LogP contribution in [0.5, 0.6) is 5.75 Å². The zero-order valence-electron chi connectivity index (χ0n) is 19.9. The highest BCUT2D eigenvalue weighted by Crippen LogP contribution is 2.28. The molecule has 0 unspecified atom stereocenters. The van der Waals surface area contributed by atoms with Gasteiger partial charge in [-0.15, -0.1) is 0 Å². The number of hydrogen-bond donors (Lipinski definition) is 0. The summed E-state index contributed by atoms with van der Waals surface area (Å²) >= 11 is 0. The minimum atomic E-state index is 0.742. The van der Waals surface area contributed by atoms with E-state index in [1.54, 1.807) is 7.11 Å². The van der Waals surface area contributed by atoms with Crippen molar-refractivity contribution in [1.29, 1.82) is 0 Å². The van der Waals surface area contributed by atoms with Gasteiger partial charge in [-0.05, 0) is 59.2 Å². The Kier molecular flexibility index (Phi) is 6.94. The summed E-state index contributed by atoms with van der Waals surface area (Å²) in [6, 6.07) is 24.9. The normalized spacial score (nSPS) is 12.8. The first-order valence-corrected chi connectivity index (χ1v) is 11.9. The van der Waals surface area contributed by atoms with Crippen molar-refractivity contribution in [3.05, 3.63) is 115 Å². The van der Waals surface area contributed by atoms with Crippen LogP contribution in [0.3, 0.4) is 0 Å². The van der Waals surface area contributed by atoms with Gasteiger partial charge >= 0.3 is 0 Å². The molecule has 5 heteroatoms. The van der Waals surface area contributed by atoms with Crippen LogP contribution in [0.25, 0.3) is 22.0 Å². The van der Waals surface area contributed by atoms with E-state index in [2.05, 4.69) is 82.0 Å². The van der Waals surface area contributed by atoms with Gasteiger partial charge in [0.1, 0.15) is 11.4 Å². The van der Waals surface area contributed by atoms with Crippen molar-refractivity contribution in [2.45, 2.75) is 13.0 Å². The Morgan fingerprint density at radius 1 is 0.886 bits per heavy atom. The van der Waals surface area contributed by atoms with Gasteiger partial charge in [0.25, 0.3) is 0 Å². The number of hydrogen-bond acceptors (Lipinski definition) is 5. The zero-order chi connectivity index (χ0) is 23.9. The summed E-state index contributed by atoms with van der Waals surface area (Å²) in [4.78, 5) is 4.49. The van der Waals surface area contributed by atoms with Gasteiger partial charge in [-0.25, -0.2) is 0 Å². The molecule has 1 aliphatic heterocycles. The van der Waals surface area contributed by atoms with Crippen molar-refractivity contribution in [3.8, 4) is 17.0 Å². The number of nitrogens with zero attached hydrogens (tertiary/aromatic N) is 3. The van der Waals surface area contributed by atoms with Crippen LogP contribution in [0.1, 0.15) is 12.0 Å². The van der Waals surface area contributed by atoms with E-state index < -0.39 is 0 Å². The van der Waals surface area contributed by atoms with Gasteiger partial charge in [0.05, 0.1) is 7.11 Å². The maximum atomic E-state index is 5.88. The van der Waals surface area contributed by atoms with Crippen molar-refractivity contribution in [2.75, 3.05) is 25.1 Å². The van der Waals surface area contributed by atoms with Gasteiger partial charge in [0, 0.05) is 43.7 Å². The highest BCUT2D eigenvalue weighted by atomic mass is 16.5. The van der Waals surface area contributed by atoms with E-state index in [0.29, 0.717) is 0 Å². The summed E-state index contributed by atoms with van der Waals surface area (Å²) < 4.78 is 11.2. The molecule has 0 N–H and O–H groups in total. The average Bonchev–Trinajstić information content (AvgIpc) is 3.25. The Balaban J connectivity index is 1.38. The molecule has 0 atom stereocenters. The first-order valence-electron chi connectivity index (χ1n) is 11.9. The molecule has 0 aliphatic carbocycles. The molecule has 4 aromatic rings. The van der Waals surface area contributed by atoms with E-state index in [1.165, 1.54) is 16.3 Å². The summed E-state index contributed by atoms with van der Waals surface area (Å²) in [5.74, 6) is 1.59. The number of anilines is 1. The zero-order valence-corrected chi connectivity index (χ0v) is 19.9. The fourth-order valence-electron chi connectivity index (χ4n) is 4.31. The molecule has 0 saturated carbocycles. The monoisotopic (exact) mass is 463 g/mol. The molecule has 1 aliphatic rings. The molecule has 0 spiro atoms. The summed E-state index contributed by atoms with van der Waals surface area (Å²) in [5, 5.41) is 6.89. The van der Waals surface area contributed by atoms with Crippen molar-refractivity contribution in [2.24, 2.45) is 0 Å². The Morgan fingerprint density at radius 2 is 1.66 bits per heavy atom. The molecule has 1 aromatic heterocycles. The number of ether oxygens (including phenoxy) is 1. The molecule has 35 heavy (non-hydrogen) atoms. The second kappa shape index (κ2) is 10.8. The van der Waals surface area contributed by atoms with E-state index in [4.69, 9.17) is 9.26 Å². The van der Waals surface area contributed by atoms with Crippen LogP contribution in [0.4, 0.5) is 5.88 Å². The number of rotatable bonds is 9. The molecule has 2 heterocycles. The van der Waals surface area contributed by atoms with Gasteiger partial charge in [0.15, 0.2) is 0 Å². The first-order chi connectivity index (χ1) is 17.3. The lowest BCUT2D eigenvalue weighted by Crippen LogP contribution is -2.26. The van der Waals surface area contributed by atoms with Gasteiger partial charge in [0.2, 0.25) is 5.88 Å². The molecule has 0 saturated heterocycles. The second-order valence-electron chi connectivity index (χ2n) is 8.50. The van der Waals surface area contributed by atoms with E-state index in [0.717, 1.165) is 48.9 Å². The molecular weight excluding hydrogens is 434 g/mol. The van der Waals surface area contributed by atoms with Gasteiger partial charge in [-0.3, -0.25) is 0 Å². The van der Waals surface area contributed by atoms with Crippen molar-refractivity contribution < 1.29 is 9.26 Å². The maximum absolute atomic E-state index is 5.88. The van der Waals surface area contributed by atoms with Crippen molar-refractivity contribution >= 4 is 16.7 Å². The fraction of sp³-hybridized carbons (Fsp3) is 0.167. The Labute approximate surface area is 206 Å². The average molecular weight is 464 g/mol. The lowest BCUT2D eigenvalue weighted by Gasteiger charge is -2.24. The van der Waals surface area contributed by atoms with Gasteiger partial charge in [-0.1, -0.05) is 59.8 Å². The molecular formula is C30H29N3O2. The van der Waals surface area contributed by atoms with E-state index in [9.17, 15) is 0 Å². The second-order valence-corrected chi connectivity index (χ2v) is 8.50. The third-order valence-corrected chi connectivity index (χ3v) is 6.17. The number of benzene rings is 3. The topological polar surface area (TPSA) is 41.7 Å². The highest BCUT2D eigenvalue weighted by molar-refractivity contribution is 5.85. The third kappa shape index (κ3) is 5.46. The summed E-state index contributed by atoms with van der Waals surface area (Å²) in [6.45, 7) is 2.50. The summed E-state index contributed by atoms with van der Waals surface area (Å²) in [5.41, 5.74) is 3.08. The number of fused-ring (bicyclic) bond motifs is 1. The van der Waals surface area contributed by atoms with Crippen LogP contribution in [-0.4, -0.2) is 30.3 Å². The number of allylic oxidation sites excluding steroid dienone is 4. The van der Waals surface area contributed by atoms with Crippen LogP contribution in [0, 0.1) is 0 Å². The summed E-state index contributed by atoms with van der Waals surface area (Å²) in [7, 11) is 1.67. The fourth-order valence-corrected chi connectivity index (χ4v) is 4.31.